The summed E-state index contributed by atoms with van der Waals surface area (Å²) in [7, 11) is 0. The second-order valence-corrected chi connectivity index (χ2v) is 15.6. The van der Waals surface area contributed by atoms with Crippen molar-refractivity contribution in [1.82, 2.24) is 0 Å². The Balaban J connectivity index is 3.30. The molecule has 0 fully saturated rings. The summed E-state index contributed by atoms with van der Waals surface area (Å²) in [4.78, 5) is 12.0. The minimum atomic E-state index is -0.340. The van der Waals surface area contributed by atoms with Crippen molar-refractivity contribution in [2.75, 3.05) is 6.61 Å². The molecule has 0 aliphatic heterocycles. The molecule has 0 aliphatic carbocycles. The second-order valence-electron chi connectivity index (χ2n) is 15.6. The van der Waals surface area contributed by atoms with Crippen LogP contribution in [0.4, 0.5) is 0 Å². The molecule has 3 nitrogen and oxygen atoms in total. The zero-order valence-electron chi connectivity index (χ0n) is 34.2. The minimum Gasteiger partial charge on any atom is -0.466 e. The number of rotatable bonds is 42. The standard InChI is InChI=1S/C47H90O3/c1-3-5-7-9-11-13-15-17-19-20-21-22-23-24-25-26-27-29-31-33-35-37-39-41-43-47(49)50-45-44-46(48)42-40-38-36-34-32-30-28-18-16-14-12-10-8-6-4-2/h18,25-26,28,46,48H,3-17,19-24,27,29-45H2,1-2H3. The van der Waals surface area contributed by atoms with Crippen LogP contribution in [-0.4, -0.2) is 23.8 Å². The molecule has 0 saturated heterocycles. The fourth-order valence-electron chi connectivity index (χ4n) is 6.91. The molecule has 0 saturated carbocycles. The van der Waals surface area contributed by atoms with Crippen LogP contribution in [0.5, 0.6) is 0 Å². The molecule has 1 unspecified atom stereocenters. The van der Waals surface area contributed by atoms with Gasteiger partial charge in [-0.2, -0.15) is 0 Å². The van der Waals surface area contributed by atoms with Crippen molar-refractivity contribution in [3.8, 4) is 0 Å². The molecule has 0 radical (unpaired) electrons. The lowest BCUT2D eigenvalue weighted by Crippen LogP contribution is -2.13. The topological polar surface area (TPSA) is 46.5 Å². The van der Waals surface area contributed by atoms with Crippen LogP contribution < -0.4 is 0 Å². The van der Waals surface area contributed by atoms with Gasteiger partial charge in [0, 0.05) is 12.8 Å². The molecule has 0 aliphatic rings. The van der Waals surface area contributed by atoms with E-state index in [0.29, 0.717) is 19.4 Å². The maximum Gasteiger partial charge on any atom is 0.305 e. The number of ether oxygens (including phenoxy) is 1. The molecule has 0 amide bonds. The monoisotopic (exact) mass is 703 g/mol. The van der Waals surface area contributed by atoms with Crippen LogP contribution in [0, 0.1) is 0 Å². The van der Waals surface area contributed by atoms with E-state index < -0.39 is 0 Å². The average molecular weight is 703 g/mol. The Labute approximate surface area is 314 Å². The van der Waals surface area contributed by atoms with Crippen LogP contribution in [-0.2, 0) is 9.53 Å². The van der Waals surface area contributed by atoms with Crippen molar-refractivity contribution in [3.05, 3.63) is 24.3 Å². The predicted octanol–water partition coefficient (Wildman–Crippen LogP) is 15.9. The van der Waals surface area contributed by atoms with Gasteiger partial charge in [0.2, 0.25) is 0 Å². The zero-order valence-corrected chi connectivity index (χ0v) is 34.2. The third kappa shape index (κ3) is 43.1. The predicted molar refractivity (Wildman–Crippen MR) is 222 cm³/mol. The molecule has 0 heterocycles. The Morgan fingerprint density at radius 1 is 0.420 bits per heavy atom. The van der Waals surface area contributed by atoms with Gasteiger partial charge in [-0.3, -0.25) is 4.79 Å². The van der Waals surface area contributed by atoms with E-state index in [4.69, 9.17) is 4.74 Å². The highest BCUT2D eigenvalue weighted by molar-refractivity contribution is 5.69. The van der Waals surface area contributed by atoms with Crippen LogP contribution in [0.1, 0.15) is 258 Å². The first-order chi connectivity index (χ1) is 24.7. The van der Waals surface area contributed by atoms with Gasteiger partial charge in [0.25, 0.3) is 0 Å². The lowest BCUT2D eigenvalue weighted by atomic mass is 10.0. The van der Waals surface area contributed by atoms with Crippen LogP contribution in [0.25, 0.3) is 0 Å². The smallest absolute Gasteiger partial charge is 0.305 e. The fraction of sp³-hybridized carbons (Fsp3) is 0.894. The first-order valence-corrected chi connectivity index (χ1v) is 22.8. The second kappa shape index (κ2) is 44.1. The largest absolute Gasteiger partial charge is 0.466 e. The molecule has 0 rings (SSSR count). The Hall–Kier alpha value is -1.09. The average Bonchev–Trinajstić information content (AvgIpc) is 3.11. The number of hydrogen-bond acceptors (Lipinski definition) is 3. The van der Waals surface area contributed by atoms with Crippen molar-refractivity contribution in [3.63, 3.8) is 0 Å². The van der Waals surface area contributed by atoms with Crippen molar-refractivity contribution in [2.24, 2.45) is 0 Å². The summed E-state index contributed by atoms with van der Waals surface area (Å²) in [5.41, 5.74) is 0. The molecule has 0 aromatic rings. The van der Waals surface area contributed by atoms with E-state index in [-0.39, 0.29) is 12.1 Å². The Bertz CT molecular complexity index is 699. The van der Waals surface area contributed by atoms with Crippen LogP contribution in [0.3, 0.4) is 0 Å². The lowest BCUT2D eigenvalue weighted by Gasteiger charge is -2.11. The lowest BCUT2D eigenvalue weighted by molar-refractivity contribution is -0.144. The maximum atomic E-state index is 12.0. The highest BCUT2D eigenvalue weighted by Crippen LogP contribution is 2.15. The van der Waals surface area contributed by atoms with Gasteiger partial charge >= 0.3 is 5.97 Å². The van der Waals surface area contributed by atoms with Gasteiger partial charge in [-0.15, -0.1) is 0 Å². The Kier molecular flexibility index (Phi) is 43.1. The van der Waals surface area contributed by atoms with E-state index >= 15 is 0 Å². The van der Waals surface area contributed by atoms with Gasteiger partial charge in [0.1, 0.15) is 0 Å². The number of carbonyl (C=O) groups excluding carboxylic acids is 1. The summed E-state index contributed by atoms with van der Waals surface area (Å²) in [6.45, 7) is 4.93. The van der Waals surface area contributed by atoms with E-state index in [1.807, 2.05) is 0 Å². The number of aliphatic hydroxyl groups is 1. The van der Waals surface area contributed by atoms with Crippen LogP contribution >= 0.6 is 0 Å². The number of esters is 1. The number of hydrogen-bond donors (Lipinski definition) is 1. The normalized spacial score (nSPS) is 12.5. The van der Waals surface area contributed by atoms with E-state index in [1.54, 1.807) is 0 Å². The number of allylic oxidation sites excluding steroid dienone is 4. The summed E-state index contributed by atoms with van der Waals surface area (Å²) in [5.74, 6) is -0.0937. The molecule has 0 aromatic carbocycles. The molecule has 1 N–H and O–H groups in total. The number of carbonyl (C=O) groups is 1. The molecule has 1 atom stereocenters. The zero-order chi connectivity index (χ0) is 36.3. The van der Waals surface area contributed by atoms with E-state index in [1.165, 1.54) is 205 Å². The fourth-order valence-corrected chi connectivity index (χ4v) is 6.91. The van der Waals surface area contributed by atoms with Crippen LogP contribution in [0.2, 0.25) is 0 Å². The van der Waals surface area contributed by atoms with Gasteiger partial charge in [-0.25, -0.2) is 0 Å². The molecular weight excluding hydrogens is 613 g/mol. The van der Waals surface area contributed by atoms with Gasteiger partial charge in [-0.05, 0) is 64.2 Å². The molecule has 0 bridgehead atoms. The highest BCUT2D eigenvalue weighted by atomic mass is 16.5. The van der Waals surface area contributed by atoms with Gasteiger partial charge in [0.15, 0.2) is 0 Å². The summed E-state index contributed by atoms with van der Waals surface area (Å²) in [6.07, 6.45) is 57.5. The van der Waals surface area contributed by atoms with Gasteiger partial charge in [-0.1, -0.05) is 205 Å². The SMILES string of the molecule is CCCCCCCCC=CCCCCCCCC(O)CCOC(=O)CCCCCCCCCC=CCCCCCCCCCCCCCCC. The summed E-state index contributed by atoms with van der Waals surface area (Å²) < 4.78 is 5.38. The first kappa shape index (κ1) is 48.9. The van der Waals surface area contributed by atoms with Crippen molar-refractivity contribution in [1.29, 1.82) is 0 Å². The quantitative estimate of drug-likeness (QED) is 0.0391. The molecule has 50 heavy (non-hydrogen) atoms. The highest BCUT2D eigenvalue weighted by Gasteiger charge is 2.07. The van der Waals surface area contributed by atoms with Gasteiger partial charge in [0.05, 0.1) is 12.7 Å². The molecule has 0 spiro atoms. The summed E-state index contributed by atoms with van der Waals surface area (Å²) >= 11 is 0. The van der Waals surface area contributed by atoms with E-state index in [2.05, 4.69) is 38.2 Å². The summed E-state index contributed by atoms with van der Waals surface area (Å²) in [5, 5.41) is 10.2. The first-order valence-electron chi connectivity index (χ1n) is 22.8. The van der Waals surface area contributed by atoms with Crippen molar-refractivity contribution < 1.29 is 14.6 Å². The third-order valence-corrected chi connectivity index (χ3v) is 10.4. The number of aliphatic hydroxyl groups excluding tert-OH is 1. The molecule has 296 valence electrons. The number of unbranched alkanes of at least 4 members (excludes halogenated alkanes) is 31. The maximum absolute atomic E-state index is 12.0. The summed E-state index contributed by atoms with van der Waals surface area (Å²) in [6, 6.07) is 0. The third-order valence-electron chi connectivity index (χ3n) is 10.4. The van der Waals surface area contributed by atoms with E-state index in [9.17, 15) is 9.90 Å². The van der Waals surface area contributed by atoms with Gasteiger partial charge < -0.3 is 9.84 Å². The van der Waals surface area contributed by atoms with Crippen molar-refractivity contribution >= 4 is 5.97 Å². The van der Waals surface area contributed by atoms with Crippen molar-refractivity contribution in [2.45, 2.75) is 264 Å². The Morgan fingerprint density at radius 2 is 0.720 bits per heavy atom. The Morgan fingerprint density at radius 3 is 1.08 bits per heavy atom. The molecule has 0 aromatic heterocycles. The minimum absolute atomic E-state index is 0.0937. The van der Waals surface area contributed by atoms with Crippen LogP contribution in [0.15, 0.2) is 24.3 Å². The van der Waals surface area contributed by atoms with E-state index in [0.717, 1.165) is 25.7 Å². The molecular formula is C47H90O3. The molecule has 3 heteroatoms.